The van der Waals surface area contributed by atoms with E-state index in [0.717, 1.165) is 25.3 Å². The van der Waals surface area contributed by atoms with E-state index in [2.05, 4.69) is 5.32 Å². The molecule has 0 aromatic heterocycles. The number of hydrogen-bond donors (Lipinski definition) is 3. The molecule has 5 nitrogen and oxygen atoms in total. The molecule has 0 heterocycles. The van der Waals surface area contributed by atoms with Crippen LogP contribution in [0.1, 0.15) is 83.5 Å². The number of guanidine groups is 1. The van der Waals surface area contributed by atoms with Gasteiger partial charge in [-0.05, 0) is 12.8 Å². The quantitative estimate of drug-likeness (QED) is 0.186. The summed E-state index contributed by atoms with van der Waals surface area (Å²) in [5, 5.41) is 11.8. The molecule has 0 aromatic carbocycles. The molecule has 4 N–H and O–H groups in total. The number of carboxylic acid groups (broad SMARTS) is 1. The van der Waals surface area contributed by atoms with Crippen molar-refractivity contribution in [1.82, 2.24) is 5.32 Å². The van der Waals surface area contributed by atoms with Crippen LogP contribution >= 0.6 is 0 Å². The Morgan fingerprint density at radius 2 is 1.22 bits per heavy atom. The van der Waals surface area contributed by atoms with Crippen molar-refractivity contribution in [2.24, 2.45) is 5.73 Å². The number of nitrogens with zero attached hydrogens (tertiary/aromatic N) is 1. The van der Waals surface area contributed by atoms with E-state index in [4.69, 9.17) is 10.8 Å². The third-order valence-electron chi connectivity index (χ3n) is 4.11. The van der Waals surface area contributed by atoms with Crippen molar-refractivity contribution < 1.29 is 14.5 Å². The Morgan fingerprint density at radius 3 is 1.61 bits per heavy atom. The minimum Gasteiger partial charge on any atom is -0.481 e. The van der Waals surface area contributed by atoms with Gasteiger partial charge in [0.1, 0.15) is 0 Å². The molecule has 0 aliphatic carbocycles. The number of rotatable bonds is 15. The predicted octanol–water partition coefficient (Wildman–Crippen LogP) is 3.32. The summed E-state index contributed by atoms with van der Waals surface area (Å²) in [5.74, 6) is 0.0769. The first-order valence-electron chi connectivity index (χ1n) is 9.29. The van der Waals surface area contributed by atoms with Crippen LogP contribution < -0.4 is 11.1 Å². The van der Waals surface area contributed by atoms with Gasteiger partial charge in [0, 0.05) is 6.42 Å². The summed E-state index contributed by atoms with van der Waals surface area (Å²) in [6, 6.07) is 0. The molecule has 23 heavy (non-hydrogen) atoms. The Labute approximate surface area is 142 Å². The fraction of sp³-hybridized carbons (Fsp3) is 0.889. The van der Waals surface area contributed by atoms with Gasteiger partial charge in [0.05, 0.1) is 20.6 Å². The van der Waals surface area contributed by atoms with E-state index in [9.17, 15) is 4.79 Å². The summed E-state index contributed by atoms with van der Waals surface area (Å²) in [6.45, 7) is 0.964. The second-order valence-electron chi connectivity index (χ2n) is 6.59. The number of carbonyl (C=O) groups is 1. The minimum absolute atomic E-state index is 0.329. The number of unbranched alkanes of at least 4 members (excludes halogenated alkanes) is 11. The van der Waals surface area contributed by atoms with E-state index >= 15 is 0 Å². The average molecular weight is 329 g/mol. The molecule has 0 radical (unpaired) electrons. The van der Waals surface area contributed by atoms with Crippen molar-refractivity contribution in [1.29, 1.82) is 0 Å². The largest absolute Gasteiger partial charge is 0.481 e. The Morgan fingerprint density at radius 1 is 0.826 bits per heavy atom. The highest BCUT2D eigenvalue weighted by atomic mass is 16.4. The van der Waals surface area contributed by atoms with E-state index in [1.807, 2.05) is 18.7 Å². The second kappa shape index (κ2) is 15.6. The highest BCUT2D eigenvalue weighted by molar-refractivity contribution is 5.72. The SMILES string of the molecule is C[N+](C)=C(N)NCCCCCCCCCCCCCCC(=O)O. The van der Waals surface area contributed by atoms with Crippen LogP contribution in [0.15, 0.2) is 0 Å². The zero-order valence-corrected chi connectivity index (χ0v) is 15.3. The highest BCUT2D eigenvalue weighted by Crippen LogP contribution is 2.12. The van der Waals surface area contributed by atoms with Crippen LogP contribution in [0.4, 0.5) is 0 Å². The van der Waals surface area contributed by atoms with Gasteiger partial charge in [0.25, 0.3) is 0 Å². The van der Waals surface area contributed by atoms with Crippen molar-refractivity contribution >= 4 is 11.9 Å². The molecule has 0 saturated carbocycles. The monoisotopic (exact) mass is 328 g/mol. The molecule has 0 unspecified atom stereocenters. The van der Waals surface area contributed by atoms with Crippen LogP contribution in [0.5, 0.6) is 0 Å². The summed E-state index contributed by atoms with van der Waals surface area (Å²) in [6.07, 6.45) is 15.1. The Bertz CT molecular complexity index is 326. The fourth-order valence-electron chi connectivity index (χ4n) is 2.54. The Balaban J connectivity index is 3.11. The fourth-order valence-corrected chi connectivity index (χ4v) is 2.54. The number of carboxylic acids is 1. The van der Waals surface area contributed by atoms with Gasteiger partial charge in [-0.3, -0.25) is 20.4 Å². The van der Waals surface area contributed by atoms with Crippen molar-refractivity contribution in [3.05, 3.63) is 0 Å². The molecule has 0 atom stereocenters. The van der Waals surface area contributed by atoms with E-state index in [1.54, 1.807) is 0 Å². The summed E-state index contributed by atoms with van der Waals surface area (Å²) in [5.41, 5.74) is 5.78. The van der Waals surface area contributed by atoms with Crippen LogP contribution in [0.25, 0.3) is 0 Å². The standard InChI is InChI=1S/C18H37N3O2/c1-21(2)18(19)20-16-14-12-10-8-6-4-3-5-7-9-11-13-15-17(22)23/h3-16H2,1-2H3,(H3,19,20,22,23)/p+1. The molecular formula is C18H38N3O2+. The smallest absolute Gasteiger partial charge is 0.342 e. The lowest BCUT2D eigenvalue weighted by molar-refractivity contribution is -0.467. The topological polar surface area (TPSA) is 78.4 Å². The first-order valence-corrected chi connectivity index (χ1v) is 9.29. The Kier molecular flexibility index (Phi) is 14.8. The molecule has 0 aliphatic rings. The molecule has 0 spiro atoms. The maximum Gasteiger partial charge on any atom is 0.342 e. The number of aliphatic carboxylic acids is 1. The third-order valence-corrected chi connectivity index (χ3v) is 4.11. The van der Waals surface area contributed by atoms with Crippen molar-refractivity contribution in [2.45, 2.75) is 83.5 Å². The Hall–Kier alpha value is -1.26. The van der Waals surface area contributed by atoms with Gasteiger partial charge in [0.2, 0.25) is 0 Å². The molecular weight excluding hydrogens is 290 g/mol. The zero-order valence-electron chi connectivity index (χ0n) is 15.3. The number of nitrogens with two attached hydrogens (primary N) is 1. The van der Waals surface area contributed by atoms with Crippen LogP contribution in [-0.2, 0) is 4.79 Å². The van der Waals surface area contributed by atoms with Crippen molar-refractivity contribution in [3.63, 3.8) is 0 Å². The average Bonchev–Trinajstić information content (AvgIpc) is 2.50. The molecule has 136 valence electrons. The van der Waals surface area contributed by atoms with Gasteiger partial charge in [-0.15, -0.1) is 0 Å². The zero-order chi connectivity index (χ0) is 17.3. The van der Waals surface area contributed by atoms with Crippen LogP contribution in [0, 0.1) is 0 Å². The maximum absolute atomic E-state index is 10.4. The summed E-state index contributed by atoms with van der Waals surface area (Å²) < 4.78 is 1.90. The van der Waals surface area contributed by atoms with Gasteiger partial charge in [-0.2, -0.15) is 0 Å². The van der Waals surface area contributed by atoms with Gasteiger partial charge in [-0.25, -0.2) is 0 Å². The van der Waals surface area contributed by atoms with Crippen LogP contribution in [-0.4, -0.2) is 42.3 Å². The number of hydrogen-bond acceptors (Lipinski definition) is 1. The summed E-state index contributed by atoms with van der Waals surface area (Å²) in [7, 11) is 3.89. The lowest BCUT2D eigenvalue weighted by Gasteiger charge is -2.04. The van der Waals surface area contributed by atoms with Crippen LogP contribution in [0.3, 0.4) is 0 Å². The first-order chi connectivity index (χ1) is 11.0. The van der Waals surface area contributed by atoms with Gasteiger partial charge < -0.3 is 5.11 Å². The molecule has 5 heteroatoms. The molecule has 0 rings (SSSR count). The van der Waals surface area contributed by atoms with Crippen molar-refractivity contribution in [3.8, 4) is 0 Å². The number of nitrogens with one attached hydrogen (secondary N) is 1. The molecule has 0 aromatic rings. The molecule has 0 saturated heterocycles. The van der Waals surface area contributed by atoms with E-state index in [1.165, 1.54) is 64.2 Å². The van der Waals surface area contributed by atoms with Gasteiger partial charge in [0.15, 0.2) is 0 Å². The highest BCUT2D eigenvalue weighted by Gasteiger charge is 1.99. The van der Waals surface area contributed by atoms with Gasteiger partial charge >= 0.3 is 11.9 Å². The normalized spacial score (nSPS) is 10.5. The second-order valence-corrected chi connectivity index (χ2v) is 6.59. The van der Waals surface area contributed by atoms with E-state index in [0.29, 0.717) is 6.42 Å². The molecule has 0 bridgehead atoms. The lowest BCUT2D eigenvalue weighted by atomic mass is 10.0. The minimum atomic E-state index is -0.667. The van der Waals surface area contributed by atoms with E-state index < -0.39 is 5.97 Å². The summed E-state index contributed by atoms with van der Waals surface area (Å²) >= 11 is 0. The first kappa shape index (κ1) is 21.7. The molecule has 0 aliphatic heterocycles. The predicted molar refractivity (Wildman–Crippen MR) is 97.0 cm³/mol. The van der Waals surface area contributed by atoms with Gasteiger partial charge in [-0.1, -0.05) is 64.2 Å². The summed E-state index contributed by atoms with van der Waals surface area (Å²) in [4.78, 5) is 10.4. The van der Waals surface area contributed by atoms with Crippen molar-refractivity contribution in [2.75, 3.05) is 20.6 Å². The molecule has 0 amide bonds. The lowest BCUT2D eigenvalue weighted by Crippen LogP contribution is -2.38. The third kappa shape index (κ3) is 16.9. The maximum atomic E-state index is 10.4. The van der Waals surface area contributed by atoms with Crippen LogP contribution in [0.2, 0.25) is 0 Å². The van der Waals surface area contributed by atoms with E-state index in [-0.39, 0.29) is 0 Å². The molecule has 0 fully saturated rings.